The molecule has 0 bridgehead atoms. The summed E-state index contributed by atoms with van der Waals surface area (Å²) in [4.78, 5) is 33.9. The molecule has 10 heteroatoms. The molecule has 1 aromatic heterocycles. The second kappa shape index (κ2) is 10.8. The van der Waals surface area contributed by atoms with Gasteiger partial charge >= 0.3 is 6.03 Å². The zero-order chi connectivity index (χ0) is 26.9. The number of aromatic amines is 1. The number of rotatable bonds is 10. The molecule has 3 amide bonds. The number of carbonyl (C=O) groups is 2. The van der Waals surface area contributed by atoms with Crippen molar-refractivity contribution in [2.24, 2.45) is 0 Å². The fourth-order valence-electron chi connectivity index (χ4n) is 5.44. The molecule has 8 nitrogen and oxygen atoms in total. The van der Waals surface area contributed by atoms with Crippen LogP contribution in [0.4, 0.5) is 9.18 Å². The van der Waals surface area contributed by atoms with E-state index in [-0.39, 0.29) is 35.7 Å². The molecule has 0 aliphatic carbocycles. The van der Waals surface area contributed by atoms with E-state index in [1.165, 1.54) is 11.0 Å². The molecule has 4 rings (SSSR count). The third kappa shape index (κ3) is 4.87. The first-order chi connectivity index (χ1) is 17.6. The van der Waals surface area contributed by atoms with E-state index in [4.69, 9.17) is 16.3 Å². The summed E-state index contributed by atoms with van der Waals surface area (Å²) in [7, 11) is 1.63. The van der Waals surface area contributed by atoms with Crippen LogP contribution < -0.4 is 5.32 Å². The quantitative estimate of drug-likeness (QED) is 0.173. The standard InChI is InChI=1S/C27H34ClFN4O4/c1-5-7-17(12-16(2)34)24-23-19(18-13-20(28)21(29)14-22(18)31-23)15-27(3)25(35)32(26(36)33(24)27)10-6-8-30-9-11-37-4/h7,12-14,24,30-31,34H,5-6,8-11,15H2,1-4H3/b16-12+,17-7+/t24-,27+/m1/s1. The van der Waals surface area contributed by atoms with Gasteiger partial charge < -0.3 is 20.1 Å². The molecule has 2 aliphatic rings. The van der Waals surface area contributed by atoms with E-state index in [1.54, 1.807) is 38.0 Å². The van der Waals surface area contributed by atoms with Crippen LogP contribution in [0.15, 0.2) is 35.6 Å². The van der Waals surface area contributed by atoms with Gasteiger partial charge in [0.25, 0.3) is 5.91 Å². The number of allylic oxidation sites excluding steroid dienone is 2. The van der Waals surface area contributed by atoms with E-state index < -0.39 is 17.4 Å². The van der Waals surface area contributed by atoms with Crippen molar-refractivity contribution in [2.45, 2.75) is 51.6 Å². The van der Waals surface area contributed by atoms with Gasteiger partial charge in [-0.25, -0.2) is 9.18 Å². The maximum atomic E-state index is 14.3. The van der Waals surface area contributed by atoms with Crippen molar-refractivity contribution in [2.75, 3.05) is 33.4 Å². The molecule has 3 N–H and O–H groups in total. The zero-order valence-electron chi connectivity index (χ0n) is 21.7. The molecule has 37 heavy (non-hydrogen) atoms. The van der Waals surface area contributed by atoms with Gasteiger partial charge in [-0.2, -0.15) is 0 Å². The van der Waals surface area contributed by atoms with Gasteiger partial charge in [0.2, 0.25) is 0 Å². The van der Waals surface area contributed by atoms with Crippen molar-refractivity contribution in [3.8, 4) is 0 Å². The lowest BCUT2D eigenvalue weighted by atomic mass is 9.80. The number of methoxy groups -OCH3 is 1. The summed E-state index contributed by atoms with van der Waals surface area (Å²) in [5.74, 6) is -0.743. The smallest absolute Gasteiger partial charge is 0.328 e. The number of aliphatic hydroxyl groups excluding tert-OH is 1. The van der Waals surface area contributed by atoms with E-state index in [9.17, 15) is 19.1 Å². The normalized spacial score (nSPS) is 22.3. The molecule has 0 radical (unpaired) electrons. The van der Waals surface area contributed by atoms with Crippen LogP contribution in [0.5, 0.6) is 0 Å². The topological polar surface area (TPSA) is 97.9 Å². The number of urea groups is 1. The summed E-state index contributed by atoms with van der Waals surface area (Å²) >= 11 is 6.13. The predicted molar refractivity (Wildman–Crippen MR) is 141 cm³/mol. The van der Waals surface area contributed by atoms with Crippen molar-refractivity contribution in [3.05, 3.63) is 57.7 Å². The minimum absolute atomic E-state index is 0.00900. The second-order valence-corrected chi connectivity index (χ2v) is 10.2. The fourth-order valence-corrected chi connectivity index (χ4v) is 5.61. The number of nitrogens with zero attached hydrogens (tertiary/aromatic N) is 2. The highest BCUT2D eigenvalue weighted by molar-refractivity contribution is 6.31. The lowest BCUT2D eigenvalue weighted by Crippen LogP contribution is -2.53. The van der Waals surface area contributed by atoms with E-state index >= 15 is 0 Å². The molecular weight excluding hydrogens is 499 g/mol. The largest absolute Gasteiger partial charge is 0.513 e. The molecule has 2 atom stereocenters. The van der Waals surface area contributed by atoms with Crippen LogP contribution in [0.25, 0.3) is 10.9 Å². The first-order valence-electron chi connectivity index (χ1n) is 12.6. The molecule has 0 spiro atoms. The Balaban J connectivity index is 1.79. The number of H-pyrrole nitrogens is 1. The molecule has 1 aromatic carbocycles. The minimum atomic E-state index is -1.15. The number of nitrogens with one attached hydrogen (secondary N) is 2. The van der Waals surface area contributed by atoms with Gasteiger partial charge in [-0.1, -0.05) is 24.6 Å². The van der Waals surface area contributed by atoms with Gasteiger partial charge in [-0.3, -0.25) is 14.6 Å². The van der Waals surface area contributed by atoms with Crippen molar-refractivity contribution in [1.29, 1.82) is 0 Å². The van der Waals surface area contributed by atoms with Gasteiger partial charge in [0, 0.05) is 43.2 Å². The monoisotopic (exact) mass is 532 g/mol. The Morgan fingerprint density at radius 1 is 1.38 bits per heavy atom. The van der Waals surface area contributed by atoms with Crippen LogP contribution in [0.2, 0.25) is 5.02 Å². The number of hydrogen-bond donors (Lipinski definition) is 3. The highest BCUT2D eigenvalue weighted by atomic mass is 35.5. The maximum absolute atomic E-state index is 14.3. The fraction of sp³-hybridized carbons (Fsp3) is 0.481. The predicted octanol–water partition coefficient (Wildman–Crippen LogP) is 5.00. The lowest BCUT2D eigenvalue weighted by Gasteiger charge is -2.42. The SMILES string of the molecule is CC/C=C(\C=C(/C)O)[C@@H]1c2[nH]c3cc(F)c(Cl)cc3c2C[C@@]2(C)C(=O)N(CCCNCCOC)C(=O)N12. The molecular formula is C27H34ClFN4O4. The zero-order valence-corrected chi connectivity index (χ0v) is 22.4. The summed E-state index contributed by atoms with van der Waals surface area (Å²) in [6.45, 7) is 7.50. The van der Waals surface area contributed by atoms with E-state index in [0.717, 1.165) is 5.56 Å². The Morgan fingerprint density at radius 2 is 2.14 bits per heavy atom. The Hall–Kier alpha value is -2.88. The van der Waals surface area contributed by atoms with Crippen LogP contribution in [0.3, 0.4) is 0 Å². The summed E-state index contributed by atoms with van der Waals surface area (Å²) in [6.07, 6.45) is 5.05. The second-order valence-electron chi connectivity index (χ2n) is 9.79. The average molecular weight is 533 g/mol. The molecule has 1 fully saturated rings. The number of aliphatic hydroxyl groups is 1. The molecule has 200 valence electrons. The summed E-state index contributed by atoms with van der Waals surface area (Å²) in [6, 6.07) is 1.85. The molecule has 2 aliphatic heterocycles. The van der Waals surface area contributed by atoms with Gasteiger partial charge in [0.15, 0.2) is 0 Å². The number of hydrogen-bond acceptors (Lipinski definition) is 5. The van der Waals surface area contributed by atoms with Crippen LogP contribution >= 0.6 is 11.6 Å². The number of benzene rings is 1. The first-order valence-corrected chi connectivity index (χ1v) is 12.9. The van der Waals surface area contributed by atoms with Gasteiger partial charge in [-0.05, 0) is 62.6 Å². The van der Waals surface area contributed by atoms with Crippen LogP contribution in [0, 0.1) is 5.82 Å². The molecule has 3 heterocycles. The van der Waals surface area contributed by atoms with Gasteiger partial charge in [-0.15, -0.1) is 0 Å². The van der Waals surface area contributed by atoms with Crippen molar-refractivity contribution in [3.63, 3.8) is 0 Å². The van der Waals surface area contributed by atoms with Gasteiger partial charge in [0.1, 0.15) is 17.4 Å². The third-order valence-corrected chi connectivity index (χ3v) is 7.35. The summed E-state index contributed by atoms with van der Waals surface area (Å²) in [5, 5.41) is 14.1. The summed E-state index contributed by atoms with van der Waals surface area (Å²) < 4.78 is 19.4. The first kappa shape index (κ1) is 27.2. The minimum Gasteiger partial charge on any atom is -0.513 e. The van der Waals surface area contributed by atoms with Crippen molar-refractivity contribution in [1.82, 2.24) is 20.1 Å². The van der Waals surface area contributed by atoms with E-state index in [1.807, 2.05) is 13.0 Å². The number of carbonyl (C=O) groups excluding carboxylic acids is 2. The lowest BCUT2D eigenvalue weighted by molar-refractivity contribution is -0.133. The van der Waals surface area contributed by atoms with Crippen molar-refractivity contribution < 1.29 is 23.8 Å². The Kier molecular flexibility index (Phi) is 7.96. The Morgan fingerprint density at radius 3 is 2.81 bits per heavy atom. The Labute approximate surface area is 221 Å². The Bertz CT molecular complexity index is 1270. The van der Waals surface area contributed by atoms with Crippen molar-refractivity contribution >= 4 is 34.4 Å². The number of imide groups is 1. The maximum Gasteiger partial charge on any atom is 0.328 e. The number of aromatic nitrogens is 1. The summed E-state index contributed by atoms with van der Waals surface area (Å²) in [5.41, 5.74) is 1.57. The molecule has 0 unspecified atom stereocenters. The number of halogens is 2. The third-order valence-electron chi connectivity index (χ3n) is 7.06. The highest BCUT2D eigenvalue weighted by Gasteiger charge is 2.60. The van der Waals surface area contributed by atoms with Crippen LogP contribution in [-0.4, -0.2) is 70.7 Å². The molecule has 1 saturated heterocycles. The van der Waals surface area contributed by atoms with E-state index in [2.05, 4.69) is 10.3 Å². The van der Waals surface area contributed by atoms with Gasteiger partial charge in [0.05, 0.1) is 17.4 Å². The molecule has 0 saturated carbocycles. The number of ether oxygens (including phenoxy) is 1. The van der Waals surface area contributed by atoms with E-state index in [0.29, 0.717) is 54.7 Å². The van der Waals surface area contributed by atoms with Crippen LogP contribution in [0.1, 0.15) is 50.9 Å². The molecule has 2 aromatic rings. The number of fused-ring (bicyclic) bond motifs is 4. The number of amides is 3. The highest BCUT2D eigenvalue weighted by Crippen LogP contribution is 2.49. The average Bonchev–Trinajstić information content (AvgIpc) is 3.26. The van der Waals surface area contributed by atoms with Crippen LogP contribution in [-0.2, 0) is 16.0 Å².